The Morgan fingerprint density at radius 1 is 1.45 bits per heavy atom. The summed E-state index contributed by atoms with van der Waals surface area (Å²) >= 11 is 1.66. The van der Waals surface area contributed by atoms with Crippen LogP contribution in [0, 0.1) is 5.92 Å². The van der Waals surface area contributed by atoms with E-state index in [1.165, 1.54) is 10.4 Å². The molecule has 1 aliphatic rings. The molecule has 3 rings (SSSR count). The smallest absolute Gasteiger partial charge is 0.317 e. The normalized spacial score (nSPS) is 17.6. The molecule has 1 aliphatic heterocycles. The lowest BCUT2D eigenvalue weighted by molar-refractivity contribution is 0.206. The summed E-state index contributed by atoms with van der Waals surface area (Å²) in [5.74, 6) is 1.04. The third-order valence-corrected chi connectivity index (χ3v) is 4.82. The van der Waals surface area contributed by atoms with Crippen LogP contribution in [0.1, 0.15) is 16.9 Å². The maximum Gasteiger partial charge on any atom is 0.317 e. The molecule has 0 saturated carbocycles. The van der Waals surface area contributed by atoms with Crippen molar-refractivity contribution < 1.29 is 4.79 Å². The van der Waals surface area contributed by atoms with Crippen molar-refractivity contribution in [2.24, 2.45) is 5.92 Å². The average molecular weight is 316 g/mol. The summed E-state index contributed by atoms with van der Waals surface area (Å²) in [5.41, 5.74) is 6.78. The number of nitrogens with two attached hydrogens (primary N) is 1. The second kappa shape index (κ2) is 6.79. The number of aromatic nitrogens is 1. The number of nitrogen functional groups attached to an aromatic ring is 1. The van der Waals surface area contributed by atoms with Gasteiger partial charge in [0.25, 0.3) is 0 Å². The molecular formula is C16H20N4OS. The zero-order chi connectivity index (χ0) is 15.4. The Morgan fingerprint density at radius 3 is 3.09 bits per heavy atom. The van der Waals surface area contributed by atoms with Crippen LogP contribution in [0.25, 0.3) is 0 Å². The first-order valence-electron chi connectivity index (χ1n) is 7.46. The number of anilines is 1. The molecule has 116 valence electrons. The number of nitrogens with one attached hydrogen (secondary N) is 1. The van der Waals surface area contributed by atoms with Crippen LogP contribution < -0.4 is 11.1 Å². The molecular weight excluding hydrogens is 296 g/mol. The highest BCUT2D eigenvalue weighted by molar-refractivity contribution is 7.09. The summed E-state index contributed by atoms with van der Waals surface area (Å²) in [4.78, 5) is 19.4. The van der Waals surface area contributed by atoms with Gasteiger partial charge in [0.1, 0.15) is 5.82 Å². The minimum atomic E-state index is 0.0336. The van der Waals surface area contributed by atoms with Gasteiger partial charge in [-0.1, -0.05) is 12.1 Å². The molecule has 1 unspecified atom stereocenters. The molecule has 2 aromatic heterocycles. The predicted octanol–water partition coefficient (Wildman–Crippen LogP) is 2.50. The van der Waals surface area contributed by atoms with Gasteiger partial charge in [-0.15, -0.1) is 11.3 Å². The second-order valence-electron chi connectivity index (χ2n) is 5.63. The summed E-state index contributed by atoms with van der Waals surface area (Å²) < 4.78 is 0. The van der Waals surface area contributed by atoms with Gasteiger partial charge in [0, 0.05) is 24.2 Å². The SMILES string of the molecule is Nc1ccc(CC2CCN(C(=O)NCc3cccs3)C2)cn1. The van der Waals surface area contributed by atoms with E-state index in [0.29, 0.717) is 18.3 Å². The molecule has 5 nitrogen and oxygen atoms in total. The fraction of sp³-hybridized carbons (Fsp3) is 0.375. The largest absolute Gasteiger partial charge is 0.384 e. The summed E-state index contributed by atoms with van der Waals surface area (Å²) in [6, 6.07) is 7.91. The monoisotopic (exact) mass is 316 g/mol. The summed E-state index contributed by atoms with van der Waals surface area (Å²) in [5, 5.41) is 5.01. The molecule has 6 heteroatoms. The number of amides is 2. The summed E-state index contributed by atoms with van der Waals surface area (Å²) in [6.45, 7) is 2.24. The van der Waals surface area contributed by atoms with E-state index in [0.717, 1.165) is 25.9 Å². The molecule has 0 spiro atoms. The number of pyridine rings is 1. The van der Waals surface area contributed by atoms with Crippen molar-refractivity contribution in [1.29, 1.82) is 0 Å². The predicted molar refractivity (Wildman–Crippen MR) is 88.6 cm³/mol. The first-order valence-corrected chi connectivity index (χ1v) is 8.34. The van der Waals surface area contributed by atoms with E-state index in [2.05, 4.69) is 10.3 Å². The minimum Gasteiger partial charge on any atom is -0.384 e. The van der Waals surface area contributed by atoms with Crippen molar-refractivity contribution in [3.63, 3.8) is 0 Å². The maximum atomic E-state index is 12.2. The number of likely N-dealkylation sites (tertiary alicyclic amines) is 1. The Morgan fingerprint density at radius 2 is 2.36 bits per heavy atom. The van der Waals surface area contributed by atoms with Crippen molar-refractivity contribution in [3.05, 3.63) is 46.3 Å². The molecule has 0 bridgehead atoms. The van der Waals surface area contributed by atoms with E-state index in [1.807, 2.05) is 40.7 Å². The van der Waals surface area contributed by atoms with Crippen LogP contribution in [-0.2, 0) is 13.0 Å². The van der Waals surface area contributed by atoms with Gasteiger partial charge >= 0.3 is 6.03 Å². The van der Waals surface area contributed by atoms with E-state index in [4.69, 9.17) is 5.73 Å². The van der Waals surface area contributed by atoms with Crippen LogP contribution >= 0.6 is 11.3 Å². The molecule has 1 fully saturated rings. The molecule has 3 heterocycles. The van der Waals surface area contributed by atoms with E-state index >= 15 is 0 Å². The van der Waals surface area contributed by atoms with E-state index in [1.54, 1.807) is 11.3 Å². The van der Waals surface area contributed by atoms with Crippen molar-refractivity contribution in [1.82, 2.24) is 15.2 Å². The average Bonchev–Trinajstić information content (AvgIpc) is 3.19. The van der Waals surface area contributed by atoms with Gasteiger partial charge in [-0.05, 0) is 41.8 Å². The molecule has 0 aromatic carbocycles. The molecule has 2 amide bonds. The van der Waals surface area contributed by atoms with Gasteiger partial charge in [-0.25, -0.2) is 9.78 Å². The van der Waals surface area contributed by atoms with Crippen LogP contribution in [-0.4, -0.2) is 29.0 Å². The third-order valence-electron chi connectivity index (χ3n) is 3.94. The van der Waals surface area contributed by atoms with E-state index in [9.17, 15) is 4.79 Å². The molecule has 1 saturated heterocycles. The number of carbonyl (C=O) groups excluding carboxylic acids is 1. The molecule has 2 aromatic rings. The van der Waals surface area contributed by atoms with Crippen molar-refractivity contribution in [2.45, 2.75) is 19.4 Å². The number of thiophene rings is 1. The van der Waals surface area contributed by atoms with Gasteiger partial charge in [-0.3, -0.25) is 0 Å². The molecule has 1 atom stereocenters. The maximum absolute atomic E-state index is 12.2. The number of rotatable bonds is 4. The Kier molecular flexibility index (Phi) is 4.58. The van der Waals surface area contributed by atoms with Gasteiger partial charge in [-0.2, -0.15) is 0 Å². The second-order valence-corrected chi connectivity index (χ2v) is 6.67. The van der Waals surface area contributed by atoms with Crippen LogP contribution in [0.15, 0.2) is 35.8 Å². The number of hydrogen-bond acceptors (Lipinski definition) is 4. The van der Waals surface area contributed by atoms with E-state index in [-0.39, 0.29) is 6.03 Å². The summed E-state index contributed by atoms with van der Waals surface area (Å²) in [7, 11) is 0. The Hall–Kier alpha value is -2.08. The zero-order valence-electron chi connectivity index (χ0n) is 12.4. The Balaban J connectivity index is 1.47. The van der Waals surface area contributed by atoms with Gasteiger partial charge in [0.2, 0.25) is 0 Å². The lowest BCUT2D eigenvalue weighted by Crippen LogP contribution is -2.38. The van der Waals surface area contributed by atoms with E-state index < -0.39 is 0 Å². The first-order chi connectivity index (χ1) is 10.7. The highest BCUT2D eigenvalue weighted by atomic mass is 32.1. The zero-order valence-corrected chi connectivity index (χ0v) is 13.2. The molecule has 3 N–H and O–H groups in total. The standard InChI is InChI=1S/C16H20N4OS/c17-15-4-3-12(9-18-15)8-13-5-6-20(11-13)16(21)19-10-14-2-1-7-22-14/h1-4,7,9,13H,5-6,8,10-11H2,(H2,17,18)(H,19,21). The number of urea groups is 1. The Bertz CT molecular complexity index is 612. The van der Waals surface area contributed by atoms with Crippen molar-refractivity contribution in [3.8, 4) is 0 Å². The molecule has 22 heavy (non-hydrogen) atoms. The number of carbonyl (C=O) groups is 1. The molecule has 0 aliphatic carbocycles. The third kappa shape index (κ3) is 3.76. The van der Waals surface area contributed by atoms with Crippen LogP contribution in [0.2, 0.25) is 0 Å². The topological polar surface area (TPSA) is 71.2 Å². The number of nitrogens with zero attached hydrogens (tertiary/aromatic N) is 2. The lowest BCUT2D eigenvalue weighted by Gasteiger charge is -2.17. The quantitative estimate of drug-likeness (QED) is 0.910. The first kappa shape index (κ1) is 14.8. The van der Waals surface area contributed by atoms with Crippen molar-refractivity contribution in [2.75, 3.05) is 18.8 Å². The minimum absolute atomic E-state index is 0.0336. The fourth-order valence-electron chi connectivity index (χ4n) is 2.76. The van der Waals surface area contributed by atoms with Crippen LogP contribution in [0.5, 0.6) is 0 Å². The van der Waals surface area contributed by atoms with Crippen LogP contribution in [0.3, 0.4) is 0 Å². The van der Waals surface area contributed by atoms with Gasteiger partial charge in [0.05, 0.1) is 6.54 Å². The fourth-order valence-corrected chi connectivity index (χ4v) is 3.41. The molecule has 0 radical (unpaired) electrons. The van der Waals surface area contributed by atoms with Crippen LogP contribution in [0.4, 0.5) is 10.6 Å². The lowest BCUT2D eigenvalue weighted by atomic mass is 10.00. The van der Waals surface area contributed by atoms with Crippen molar-refractivity contribution >= 4 is 23.2 Å². The van der Waals surface area contributed by atoms with Gasteiger partial charge < -0.3 is 16.0 Å². The Labute approximate surface area is 134 Å². The van der Waals surface area contributed by atoms with Gasteiger partial charge in [0.15, 0.2) is 0 Å². The highest BCUT2D eigenvalue weighted by Gasteiger charge is 2.26. The highest BCUT2D eigenvalue weighted by Crippen LogP contribution is 2.21. The summed E-state index contributed by atoms with van der Waals surface area (Å²) in [6.07, 6.45) is 3.81. The number of hydrogen-bond donors (Lipinski definition) is 2.